The molecule has 1 aliphatic rings. The summed E-state index contributed by atoms with van der Waals surface area (Å²) in [6.07, 6.45) is 3.50. The summed E-state index contributed by atoms with van der Waals surface area (Å²) >= 11 is 14.3. The fourth-order valence-electron chi connectivity index (χ4n) is 3.86. The number of carbonyl (C=O) groups is 1. The Balaban J connectivity index is 1.81. The van der Waals surface area contributed by atoms with Gasteiger partial charge in [0, 0.05) is 24.2 Å². The number of carbonyl (C=O) groups excluding carboxylic acids is 1. The Kier molecular flexibility index (Phi) is 7.77. The summed E-state index contributed by atoms with van der Waals surface area (Å²) in [7, 11) is -3.89. The van der Waals surface area contributed by atoms with E-state index in [2.05, 4.69) is 30.3 Å². The van der Waals surface area contributed by atoms with E-state index >= 15 is 0 Å². The molecule has 0 radical (unpaired) electrons. The minimum atomic E-state index is -3.89. The number of sulfonamides is 1. The van der Waals surface area contributed by atoms with Crippen molar-refractivity contribution in [2.45, 2.75) is 63.4 Å². The van der Waals surface area contributed by atoms with E-state index in [0.29, 0.717) is 34.2 Å². The predicted molar refractivity (Wildman–Crippen MR) is 135 cm³/mol. The lowest BCUT2D eigenvalue weighted by molar-refractivity contribution is 0.0631. The molecule has 0 saturated carbocycles. The van der Waals surface area contributed by atoms with Crippen LogP contribution < -0.4 is 4.72 Å². The number of tetrazole rings is 1. The molecule has 3 heterocycles. The second-order valence-corrected chi connectivity index (χ2v) is 11.9. The van der Waals surface area contributed by atoms with Gasteiger partial charge in [0.15, 0.2) is 5.01 Å². The third kappa shape index (κ3) is 5.21. The Morgan fingerprint density at radius 2 is 2.09 bits per heavy atom. The van der Waals surface area contributed by atoms with Crippen molar-refractivity contribution in [2.75, 3.05) is 6.54 Å². The number of nitrogens with one attached hydrogen (secondary N) is 2. The third-order valence-electron chi connectivity index (χ3n) is 5.99. The van der Waals surface area contributed by atoms with Crippen LogP contribution in [-0.2, 0) is 10.0 Å². The van der Waals surface area contributed by atoms with Crippen molar-refractivity contribution < 1.29 is 13.2 Å². The van der Waals surface area contributed by atoms with Crippen LogP contribution in [0.2, 0.25) is 10.0 Å². The van der Waals surface area contributed by atoms with Crippen molar-refractivity contribution in [3.05, 3.63) is 27.9 Å². The molecule has 35 heavy (non-hydrogen) atoms. The zero-order valence-electron chi connectivity index (χ0n) is 19.4. The van der Waals surface area contributed by atoms with Crippen molar-refractivity contribution in [3.8, 4) is 21.3 Å². The molecule has 0 bridgehead atoms. The number of rotatable bonds is 7. The smallest absolute Gasteiger partial charge is 0.274 e. The zero-order chi connectivity index (χ0) is 25.3. The number of likely N-dealkylation sites (tertiary alicyclic amines) is 1. The van der Waals surface area contributed by atoms with Crippen LogP contribution in [0.15, 0.2) is 17.0 Å². The maximum absolute atomic E-state index is 13.6. The first-order chi connectivity index (χ1) is 16.6. The molecule has 1 saturated heterocycles. The number of aromatic amines is 1. The van der Waals surface area contributed by atoms with Crippen LogP contribution in [-0.4, -0.2) is 63.5 Å². The average molecular weight is 559 g/mol. The molecule has 2 atom stereocenters. The van der Waals surface area contributed by atoms with Gasteiger partial charge in [-0.3, -0.25) is 4.79 Å². The maximum atomic E-state index is 13.6. The van der Waals surface area contributed by atoms with Crippen LogP contribution in [0.1, 0.15) is 56.9 Å². The molecule has 1 fully saturated rings. The van der Waals surface area contributed by atoms with Gasteiger partial charge in [0.05, 0.1) is 14.9 Å². The number of hydrogen-bond donors (Lipinski definition) is 2. The summed E-state index contributed by atoms with van der Waals surface area (Å²) in [6, 6.07) is 2.73. The second kappa shape index (κ2) is 10.5. The minimum absolute atomic E-state index is 0.0188. The van der Waals surface area contributed by atoms with E-state index in [-0.39, 0.29) is 38.6 Å². The summed E-state index contributed by atoms with van der Waals surface area (Å²) in [5.41, 5.74) is 0.602. The summed E-state index contributed by atoms with van der Waals surface area (Å²) in [5, 5.41) is 14.0. The maximum Gasteiger partial charge on any atom is 0.274 e. The first kappa shape index (κ1) is 26.0. The molecular weight excluding hydrogens is 533 g/mol. The van der Waals surface area contributed by atoms with Crippen LogP contribution in [0.4, 0.5) is 0 Å². The number of halogens is 2. The molecule has 1 aromatic carbocycles. The lowest BCUT2D eigenvalue weighted by Gasteiger charge is -2.33. The average Bonchev–Trinajstić information content (AvgIpc) is 3.50. The minimum Gasteiger partial charge on any atom is -0.335 e. The lowest BCUT2D eigenvalue weighted by Crippen LogP contribution is -2.42. The normalized spacial score (nSPS) is 17.5. The Bertz CT molecular complexity index is 1330. The summed E-state index contributed by atoms with van der Waals surface area (Å²) in [6.45, 7) is 6.28. The van der Waals surface area contributed by atoms with Crippen LogP contribution in [0, 0.1) is 0 Å². The van der Waals surface area contributed by atoms with Crippen molar-refractivity contribution in [1.29, 1.82) is 0 Å². The van der Waals surface area contributed by atoms with Gasteiger partial charge < -0.3 is 4.90 Å². The van der Waals surface area contributed by atoms with Gasteiger partial charge in [-0.15, -0.1) is 16.4 Å². The zero-order valence-corrected chi connectivity index (χ0v) is 22.5. The van der Waals surface area contributed by atoms with Gasteiger partial charge in [-0.1, -0.05) is 36.2 Å². The fourth-order valence-corrected chi connectivity index (χ4v) is 7.13. The number of aromatic nitrogens is 5. The number of thiazole rings is 1. The van der Waals surface area contributed by atoms with Gasteiger partial charge in [-0.25, -0.2) is 23.2 Å². The lowest BCUT2D eigenvalue weighted by atomic mass is 10.0. The molecule has 1 amide bonds. The van der Waals surface area contributed by atoms with Gasteiger partial charge in [0.2, 0.25) is 15.8 Å². The van der Waals surface area contributed by atoms with E-state index < -0.39 is 10.0 Å². The largest absolute Gasteiger partial charge is 0.335 e. The van der Waals surface area contributed by atoms with E-state index in [0.717, 1.165) is 19.3 Å². The van der Waals surface area contributed by atoms with E-state index in [4.69, 9.17) is 23.2 Å². The highest BCUT2D eigenvalue weighted by Gasteiger charge is 2.32. The molecule has 0 spiro atoms. The molecule has 10 nitrogen and oxygen atoms in total. The quantitative estimate of drug-likeness (QED) is 0.439. The molecule has 14 heteroatoms. The highest BCUT2D eigenvalue weighted by molar-refractivity contribution is 7.89. The standard InChI is InChI=1S/C21H25Cl2N7O3S2/c1-4-11(2)27-35(32,33)14-9-8-13(15(22)16(14)23)18-17(21(31)30-10-6-5-7-12(30)3)24-20(34-18)19-25-28-29-26-19/h8-9,11-12,27H,4-7,10H2,1-3H3,(H,25,26,28,29)/t11-,12+/m1/s1. The summed E-state index contributed by atoms with van der Waals surface area (Å²) < 4.78 is 28.3. The Labute approximate surface area is 217 Å². The second-order valence-electron chi connectivity index (χ2n) is 8.46. The van der Waals surface area contributed by atoms with Gasteiger partial charge >= 0.3 is 0 Å². The number of hydrogen-bond acceptors (Lipinski definition) is 8. The van der Waals surface area contributed by atoms with Crippen molar-refractivity contribution >= 4 is 50.5 Å². The van der Waals surface area contributed by atoms with Crippen molar-refractivity contribution in [1.82, 2.24) is 35.2 Å². The number of benzene rings is 1. The number of piperidine rings is 1. The Morgan fingerprint density at radius 1 is 1.31 bits per heavy atom. The highest BCUT2D eigenvalue weighted by Crippen LogP contribution is 2.43. The topological polar surface area (TPSA) is 134 Å². The first-order valence-corrected chi connectivity index (χ1v) is 14.3. The molecule has 2 aromatic heterocycles. The van der Waals surface area contributed by atoms with Crippen LogP contribution >= 0.6 is 34.5 Å². The number of nitrogens with zero attached hydrogens (tertiary/aromatic N) is 5. The Hall–Kier alpha value is -2.12. The molecule has 0 aliphatic carbocycles. The molecule has 4 rings (SSSR count). The van der Waals surface area contributed by atoms with E-state index in [1.807, 2.05) is 13.8 Å². The SMILES string of the molecule is CC[C@@H](C)NS(=O)(=O)c1ccc(-c2sc(-c3nnn[nH]3)nc2C(=O)N2CCCC[C@@H]2C)c(Cl)c1Cl. The highest BCUT2D eigenvalue weighted by atomic mass is 35.5. The van der Waals surface area contributed by atoms with Crippen LogP contribution in [0.5, 0.6) is 0 Å². The molecule has 188 valence electrons. The monoisotopic (exact) mass is 557 g/mol. The van der Waals surface area contributed by atoms with Gasteiger partial charge in [-0.05, 0) is 56.0 Å². The summed E-state index contributed by atoms with van der Waals surface area (Å²) in [4.78, 5) is 20.3. The van der Waals surface area contributed by atoms with Gasteiger partial charge in [0.1, 0.15) is 10.6 Å². The molecule has 1 aliphatic heterocycles. The van der Waals surface area contributed by atoms with Crippen LogP contribution in [0.25, 0.3) is 21.3 Å². The van der Waals surface area contributed by atoms with E-state index in [9.17, 15) is 13.2 Å². The molecule has 3 aromatic rings. The third-order valence-corrected chi connectivity index (χ3v) is 9.71. The summed E-state index contributed by atoms with van der Waals surface area (Å²) in [5.74, 6) is 0.0747. The molecular formula is C21H25Cl2N7O3S2. The first-order valence-electron chi connectivity index (χ1n) is 11.2. The van der Waals surface area contributed by atoms with Gasteiger partial charge in [-0.2, -0.15) is 0 Å². The number of H-pyrrole nitrogens is 1. The number of amides is 1. The molecule has 2 N–H and O–H groups in total. The van der Waals surface area contributed by atoms with Crippen LogP contribution in [0.3, 0.4) is 0 Å². The molecule has 0 unspecified atom stereocenters. The van der Waals surface area contributed by atoms with E-state index in [1.54, 1.807) is 17.9 Å². The predicted octanol–water partition coefficient (Wildman–Crippen LogP) is 4.39. The van der Waals surface area contributed by atoms with E-state index in [1.165, 1.54) is 17.4 Å². The van der Waals surface area contributed by atoms with Crippen molar-refractivity contribution in [2.24, 2.45) is 0 Å². The fraction of sp³-hybridized carbons (Fsp3) is 0.476. The Morgan fingerprint density at radius 3 is 2.74 bits per heavy atom. The van der Waals surface area contributed by atoms with Gasteiger partial charge in [0.25, 0.3) is 5.91 Å². The van der Waals surface area contributed by atoms with Crippen molar-refractivity contribution in [3.63, 3.8) is 0 Å².